The van der Waals surface area contributed by atoms with Crippen LogP contribution >= 0.6 is 39.5 Å². The fourth-order valence-electron chi connectivity index (χ4n) is 1.93. The lowest BCUT2D eigenvalue weighted by Gasteiger charge is -2.10. The lowest BCUT2D eigenvalue weighted by molar-refractivity contribution is 0.0532. The Labute approximate surface area is 151 Å². The predicted octanol–water partition coefficient (Wildman–Crippen LogP) is 4.49. The molecule has 5 nitrogen and oxygen atoms in total. The zero-order valence-electron chi connectivity index (χ0n) is 12.6. The number of carbonyl (C=O) groups is 2. The highest BCUT2D eigenvalue weighted by Crippen LogP contribution is 2.26. The molecule has 0 aliphatic carbocycles. The molecule has 0 unspecified atom stereocenters. The normalized spacial score (nSPS) is 10.4. The Hall–Kier alpha value is -1.51. The summed E-state index contributed by atoms with van der Waals surface area (Å²) in [6, 6.07) is 6.95. The standard InChI is InChI=1S/C15H15BrN2O3S2/c1-3-18-12(11(23-15(18)22)14(20)21-4-2)17-13(19)9-5-7-10(16)8-6-9/h5-8H,3-4H2,1-2H3,(H,17,19). The zero-order valence-corrected chi connectivity index (χ0v) is 15.8. The van der Waals surface area contributed by atoms with Crippen LogP contribution in [0.3, 0.4) is 0 Å². The molecule has 0 aliphatic heterocycles. The topological polar surface area (TPSA) is 60.3 Å². The molecule has 1 aromatic carbocycles. The molecule has 0 aliphatic rings. The van der Waals surface area contributed by atoms with Gasteiger partial charge in [-0.05, 0) is 50.3 Å². The fourth-order valence-corrected chi connectivity index (χ4v) is 3.57. The van der Waals surface area contributed by atoms with Crippen LogP contribution in [0.4, 0.5) is 5.82 Å². The summed E-state index contributed by atoms with van der Waals surface area (Å²) >= 11 is 9.73. The number of benzene rings is 1. The Kier molecular flexibility index (Phi) is 6.09. The third-order valence-corrected chi connectivity index (χ3v) is 4.97. The Morgan fingerprint density at radius 3 is 2.52 bits per heavy atom. The quantitative estimate of drug-likeness (QED) is 0.578. The van der Waals surface area contributed by atoms with E-state index in [-0.39, 0.29) is 12.5 Å². The molecule has 1 aromatic heterocycles. The number of nitrogens with zero attached hydrogens (tertiary/aromatic N) is 1. The van der Waals surface area contributed by atoms with Crippen LogP contribution in [0, 0.1) is 3.95 Å². The molecule has 0 saturated heterocycles. The van der Waals surface area contributed by atoms with Gasteiger partial charge in [-0.1, -0.05) is 27.3 Å². The van der Waals surface area contributed by atoms with Gasteiger partial charge in [-0.2, -0.15) is 0 Å². The van der Waals surface area contributed by atoms with Crippen molar-refractivity contribution in [3.05, 3.63) is 43.1 Å². The van der Waals surface area contributed by atoms with Gasteiger partial charge in [-0.25, -0.2) is 4.79 Å². The molecule has 0 atom stereocenters. The maximum absolute atomic E-state index is 12.4. The third kappa shape index (κ3) is 4.07. The number of ether oxygens (including phenoxy) is 1. The van der Waals surface area contributed by atoms with E-state index in [0.29, 0.717) is 26.8 Å². The molecule has 2 rings (SSSR count). The molecule has 1 heterocycles. The van der Waals surface area contributed by atoms with Crippen molar-refractivity contribution in [2.45, 2.75) is 20.4 Å². The minimum Gasteiger partial charge on any atom is -0.462 e. The molecule has 2 aromatic rings. The van der Waals surface area contributed by atoms with E-state index in [1.54, 1.807) is 35.8 Å². The van der Waals surface area contributed by atoms with Gasteiger partial charge in [0.05, 0.1) is 6.61 Å². The van der Waals surface area contributed by atoms with Gasteiger partial charge < -0.3 is 14.6 Å². The Morgan fingerprint density at radius 2 is 1.96 bits per heavy atom. The van der Waals surface area contributed by atoms with E-state index in [9.17, 15) is 9.59 Å². The molecule has 122 valence electrons. The van der Waals surface area contributed by atoms with Crippen molar-refractivity contribution in [3.63, 3.8) is 0 Å². The summed E-state index contributed by atoms with van der Waals surface area (Å²) in [5, 5.41) is 2.78. The highest BCUT2D eigenvalue weighted by molar-refractivity contribution is 9.10. The summed E-state index contributed by atoms with van der Waals surface area (Å²) in [5.41, 5.74) is 0.489. The number of hydrogen-bond donors (Lipinski definition) is 1. The first kappa shape index (κ1) is 17.8. The van der Waals surface area contributed by atoms with Crippen LogP contribution in [0.5, 0.6) is 0 Å². The van der Waals surface area contributed by atoms with E-state index in [0.717, 1.165) is 15.8 Å². The lowest BCUT2D eigenvalue weighted by Crippen LogP contribution is -2.18. The summed E-state index contributed by atoms with van der Waals surface area (Å²) in [7, 11) is 0. The summed E-state index contributed by atoms with van der Waals surface area (Å²) in [5.74, 6) is -0.408. The van der Waals surface area contributed by atoms with Gasteiger partial charge in [0, 0.05) is 16.6 Å². The maximum atomic E-state index is 12.4. The Balaban J connectivity index is 2.37. The summed E-state index contributed by atoms with van der Waals surface area (Å²) in [4.78, 5) is 24.8. The minimum atomic E-state index is -0.484. The second-order valence-corrected chi connectivity index (χ2v) is 7.03. The molecular weight excluding hydrogens is 400 g/mol. The fraction of sp³-hybridized carbons (Fsp3) is 0.267. The number of hydrogen-bond acceptors (Lipinski definition) is 5. The lowest BCUT2D eigenvalue weighted by atomic mass is 10.2. The largest absolute Gasteiger partial charge is 0.462 e. The van der Waals surface area contributed by atoms with Crippen molar-refractivity contribution in [1.82, 2.24) is 4.57 Å². The minimum absolute atomic E-state index is 0.260. The second-order valence-electron chi connectivity index (χ2n) is 4.47. The van der Waals surface area contributed by atoms with E-state index in [1.165, 1.54) is 0 Å². The average molecular weight is 415 g/mol. The molecule has 8 heteroatoms. The summed E-state index contributed by atoms with van der Waals surface area (Å²) in [6.45, 7) is 4.43. The molecule has 1 amide bonds. The smallest absolute Gasteiger partial charge is 0.352 e. The van der Waals surface area contributed by atoms with E-state index in [2.05, 4.69) is 21.2 Å². The molecule has 23 heavy (non-hydrogen) atoms. The monoisotopic (exact) mass is 414 g/mol. The number of esters is 1. The summed E-state index contributed by atoms with van der Waals surface area (Å²) in [6.07, 6.45) is 0. The van der Waals surface area contributed by atoms with Gasteiger partial charge in [0.1, 0.15) is 5.82 Å². The van der Waals surface area contributed by atoms with Crippen molar-refractivity contribution in [1.29, 1.82) is 0 Å². The van der Waals surface area contributed by atoms with Crippen LogP contribution < -0.4 is 5.32 Å². The molecular formula is C15H15BrN2O3S2. The SMILES string of the molecule is CCOC(=O)c1sc(=S)n(CC)c1NC(=O)c1ccc(Br)cc1. The van der Waals surface area contributed by atoms with Gasteiger partial charge in [-0.15, -0.1) is 0 Å². The molecule has 0 radical (unpaired) electrons. The maximum Gasteiger partial charge on any atom is 0.352 e. The van der Waals surface area contributed by atoms with Crippen molar-refractivity contribution in [2.75, 3.05) is 11.9 Å². The van der Waals surface area contributed by atoms with Crippen LogP contribution in [0.1, 0.15) is 33.9 Å². The number of thiazole rings is 1. The first-order chi connectivity index (χ1) is 11.0. The van der Waals surface area contributed by atoms with E-state index < -0.39 is 5.97 Å². The van der Waals surface area contributed by atoms with Crippen molar-refractivity contribution in [2.24, 2.45) is 0 Å². The first-order valence-corrected chi connectivity index (χ1v) is 8.97. The van der Waals surface area contributed by atoms with Gasteiger partial charge in [0.15, 0.2) is 8.83 Å². The van der Waals surface area contributed by atoms with Crippen LogP contribution in [0.2, 0.25) is 0 Å². The molecule has 0 fully saturated rings. The Morgan fingerprint density at radius 1 is 1.30 bits per heavy atom. The third-order valence-electron chi connectivity index (χ3n) is 3.01. The molecule has 0 spiro atoms. The first-order valence-electron chi connectivity index (χ1n) is 6.95. The van der Waals surface area contributed by atoms with Gasteiger partial charge in [-0.3, -0.25) is 4.79 Å². The average Bonchev–Trinajstić information content (AvgIpc) is 2.84. The van der Waals surface area contributed by atoms with E-state index >= 15 is 0 Å². The number of nitrogens with one attached hydrogen (secondary N) is 1. The van der Waals surface area contributed by atoms with Crippen molar-refractivity contribution >= 4 is 57.2 Å². The molecule has 0 saturated carbocycles. The van der Waals surface area contributed by atoms with Crippen molar-refractivity contribution < 1.29 is 14.3 Å². The highest BCUT2D eigenvalue weighted by atomic mass is 79.9. The van der Waals surface area contributed by atoms with Crippen LogP contribution in [-0.2, 0) is 11.3 Å². The van der Waals surface area contributed by atoms with Gasteiger partial charge >= 0.3 is 5.97 Å². The van der Waals surface area contributed by atoms with Crippen LogP contribution in [0.15, 0.2) is 28.7 Å². The molecule has 1 N–H and O–H groups in total. The second kappa shape index (κ2) is 7.85. The number of carbonyl (C=O) groups excluding carboxylic acids is 2. The van der Waals surface area contributed by atoms with E-state index in [4.69, 9.17) is 17.0 Å². The van der Waals surface area contributed by atoms with Crippen LogP contribution in [0.25, 0.3) is 0 Å². The van der Waals surface area contributed by atoms with E-state index in [1.807, 2.05) is 6.92 Å². The number of amides is 1. The molecule has 0 bridgehead atoms. The number of aromatic nitrogens is 1. The van der Waals surface area contributed by atoms with Crippen LogP contribution in [-0.4, -0.2) is 23.1 Å². The van der Waals surface area contributed by atoms with Gasteiger partial charge in [0.2, 0.25) is 0 Å². The van der Waals surface area contributed by atoms with Gasteiger partial charge in [0.25, 0.3) is 5.91 Å². The number of anilines is 1. The summed E-state index contributed by atoms with van der Waals surface area (Å²) < 4.78 is 8.15. The highest BCUT2D eigenvalue weighted by Gasteiger charge is 2.22. The number of rotatable bonds is 5. The number of halogens is 1. The predicted molar refractivity (Wildman–Crippen MR) is 96.9 cm³/mol. The zero-order chi connectivity index (χ0) is 17.0. The van der Waals surface area contributed by atoms with Crippen molar-refractivity contribution in [3.8, 4) is 0 Å². The Bertz CT molecular complexity index is 781.